The van der Waals surface area contributed by atoms with Crippen LogP contribution in [0.2, 0.25) is 0 Å². The minimum Gasteiger partial charge on any atom is -0.338 e. The fraction of sp³-hybridized carbons (Fsp3) is 0.176. The molecule has 3 rings (SSSR count). The van der Waals surface area contributed by atoms with Crippen LogP contribution in [-0.4, -0.2) is 28.5 Å². The van der Waals surface area contributed by atoms with Gasteiger partial charge >= 0.3 is 6.03 Å². The summed E-state index contributed by atoms with van der Waals surface area (Å²) in [5.74, 6) is -0.253. The highest BCUT2D eigenvalue weighted by molar-refractivity contribution is 7.22. The van der Waals surface area contributed by atoms with E-state index in [9.17, 15) is 14.0 Å². The van der Waals surface area contributed by atoms with E-state index in [1.807, 2.05) is 6.92 Å². The van der Waals surface area contributed by atoms with Crippen LogP contribution in [0.15, 0.2) is 30.5 Å². The number of pyridine rings is 1. The Labute approximate surface area is 152 Å². The monoisotopic (exact) mass is 373 g/mol. The summed E-state index contributed by atoms with van der Waals surface area (Å²) < 4.78 is 15.1. The van der Waals surface area contributed by atoms with Gasteiger partial charge in [-0.1, -0.05) is 11.3 Å². The average molecular weight is 373 g/mol. The molecular weight excluding hydrogens is 357 g/mol. The number of halogens is 1. The molecule has 0 unspecified atom stereocenters. The lowest BCUT2D eigenvalue weighted by Gasteiger charge is -2.05. The SMILES string of the molecule is CCNC(=O)Nc1nc2cc(-c3ccc(NC(C)=O)nc3)c(F)cc2s1. The van der Waals surface area contributed by atoms with Crippen molar-refractivity contribution >= 4 is 44.4 Å². The Hall–Kier alpha value is -3.07. The molecule has 0 aliphatic rings. The molecule has 0 radical (unpaired) electrons. The topological polar surface area (TPSA) is 96.0 Å². The van der Waals surface area contributed by atoms with Crippen molar-refractivity contribution in [3.05, 3.63) is 36.3 Å². The minimum atomic E-state index is -0.417. The maximum Gasteiger partial charge on any atom is 0.321 e. The number of rotatable bonds is 4. The molecule has 3 aromatic rings. The molecule has 0 bridgehead atoms. The number of nitrogens with zero attached hydrogens (tertiary/aromatic N) is 2. The van der Waals surface area contributed by atoms with Gasteiger partial charge in [-0.3, -0.25) is 10.1 Å². The number of amides is 3. The largest absolute Gasteiger partial charge is 0.338 e. The normalized spacial score (nSPS) is 10.6. The smallest absolute Gasteiger partial charge is 0.321 e. The molecule has 0 aliphatic heterocycles. The van der Waals surface area contributed by atoms with Gasteiger partial charge in [0.05, 0.1) is 10.2 Å². The van der Waals surface area contributed by atoms with Gasteiger partial charge in [0.1, 0.15) is 11.6 Å². The number of carbonyl (C=O) groups excluding carboxylic acids is 2. The van der Waals surface area contributed by atoms with Crippen LogP contribution in [0.25, 0.3) is 21.3 Å². The van der Waals surface area contributed by atoms with Gasteiger partial charge in [-0.2, -0.15) is 0 Å². The Morgan fingerprint density at radius 1 is 1.23 bits per heavy atom. The first-order valence-electron chi connectivity index (χ1n) is 7.85. The third-order valence-corrected chi connectivity index (χ3v) is 4.35. The average Bonchev–Trinajstić information content (AvgIpc) is 2.95. The molecule has 0 saturated carbocycles. The van der Waals surface area contributed by atoms with E-state index in [1.165, 1.54) is 30.5 Å². The van der Waals surface area contributed by atoms with E-state index in [-0.39, 0.29) is 11.9 Å². The van der Waals surface area contributed by atoms with Crippen LogP contribution in [-0.2, 0) is 4.79 Å². The van der Waals surface area contributed by atoms with Gasteiger partial charge in [0.25, 0.3) is 0 Å². The summed E-state index contributed by atoms with van der Waals surface area (Å²) in [5, 5.41) is 8.18. The number of hydrogen-bond donors (Lipinski definition) is 3. The van der Waals surface area contributed by atoms with Crippen molar-refractivity contribution in [1.29, 1.82) is 0 Å². The molecule has 7 nitrogen and oxygen atoms in total. The fourth-order valence-electron chi connectivity index (χ4n) is 2.33. The van der Waals surface area contributed by atoms with Crippen molar-refractivity contribution in [3.63, 3.8) is 0 Å². The molecule has 1 aromatic carbocycles. The van der Waals surface area contributed by atoms with Gasteiger partial charge in [0.2, 0.25) is 5.91 Å². The molecule has 0 aliphatic carbocycles. The molecule has 134 valence electrons. The van der Waals surface area contributed by atoms with E-state index in [2.05, 4.69) is 25.9 Å². The summed E-state index contributed by atoms with van der Waals surface area (Å²) in [6, 6.07) is 5.91. The van der Waals surface area contributed by atoms with Gasteiger partial charge in [-0.15, -0.1) is 0 Å². The first-order valence-corrected chi connectivity index (χ1v) is 8.67. The van der Waals surface area contributed by atoms with Crippen LogP contribution in [0.3, 0.4) is 0 Å². The van der Waals surface area contributed by atoms with Crippen molar-refractivity contribution in [2.45, 2.75) is 13.8 Å². The minimum absolute atomic E-state index is 0.229. The zero-order valence-corrected chi connectivity index (χ0v) is 14.9. The first kappa shape index (κ1) is 17.7. The predicted molar refractivity (Wildman–Crippen MR) is 99.8 cm³/mol. The van der Waals surface area contributed by atoms with Crippen molar-refractivity contribution in [1.82, 2.24) is 15.3 Å². The molecule has 0 atom stereocenters. The Bertz CT molecular complexity index is 971. The van der Waals surface area contributed by atoms with Gasteiger partial charge in [0.15, 0.2) is 5.13 Å². The lowest BCUT2D eigenvalue weighted by atomic mass is 10.1. The molecule has 2 heterocycles. The van der Waals surface area contributed by atoms with E-state index in [1.54, 1.807) is 18.2 Å². The lowest BCUT2D eigenvalue weighted by Crippen LogP contribution is -2.28. The number of nitrogens with one attached hydrogen (secondary N) is 3. The van der Waals surface area contributed by atoms with Crippen LogP contribution >= 0.6 is 11.3 Å². The summed E-state index contributed by atoms with van der Waals surface area (Å²) in [7, 11) is 0. The molecule has 0 fully saturated rings. The first-order chi connectivity index (χ1) is 12.5. The summed E-state index contributed by atoms with van der Waals surface area (Å²) in [6.45, 7) is 3.69. The number of hydrogen-bond acceptors (Lipinski definition) is 5. The van der Waals surface area contributed by atoms with Crippen LogP contribution in [0.5, 0.6) is 0 Å². The number of carbonyl (C=O) groups is 2. The second-order valence-electron chi connectivity index (χ2n) is 5.42. The summed E-state index contributed by atoms with van der Waals surface area (Å²) >= 11 is 1.19. The summed E-state index contributed by atoms with van der Waals surface area (Å²) in [4.78, 5) is 31.0. The van der Waals surface area contributed by atoms with Gasteiger partial charge < -0.3 is 10.6 Å². The Morgan fingerprint density at radius 2 is 2.04 bits per heavy atom. The van der Waals surface area contributed by atoms with Crippen LogP contribution in [0.1, 0.15) is 13.8 Å². The second-order valence-corrected chi connectivity index (χ2v) is 6.45. The second kappa shape index (κ2) is 7.44. The molecule has 0 spiro atoms. The fourth-order valence-corrected chi connectivity index (χ4v) is 3.20. The number of aromatic nitrogens is 2. The molecule has 2 aromatic heterocycles. The zero-order valence-electron chi connectivity index (χ0n) is 14.1. The van der Waals surface area contributed by atoms with Crippen LogP contribution < -0.4 is 16.0 Å². The molecule has 3 amide bonds. The van der Waals surface area contributed by atoms with Gasteiger partial charge in [-0.05, 0) is 31.2 Å². The maximum absolute atomic E-state index is 14.5. The lowest BCUT2D eigenvalue weighted by molar-refractivity contribution is -0.114. The van der Waals surface area contributed by atoms with Crippen LogP contribution in [0, 0.1) is 5.82 Å². The number of thiazole rings is 1. The quantitative estimate of drug-likeness (QED) is 0.651. The number of anilines is 2. The third kappa shape index (κ3) is 3.94. The highest BCUT2D eigenvalue weighted by Crippen LogP contribution is 2.32. The van der Waals surface area contributed by atoms with Crippen molar-refractivity contribution in [2.75, 3.05) is 17.2 Å². The molecule has 0 saturated heterocycles. The molecule has 3 N–H and O–H groups in total. The maximum atomic E-state index is 14.5. The van der Waals surface area contributed by atoms with Crippen molar-refractivity contribution < 1.29 is 14.0 Å². The standard InChI is InChI=1S/C17H16FN5O2S/c1-3-19-16(25)23-17-22-13-6-11(12(18)7-14(13)26-17)10-4-5-15(20-8-10)21-9(2)24/h4-8H,3H2,1-2H3,(H,20,21,24)(H2,19,22,23,25). The zero-order chi connectivity index (χ0) is 18.7. The molecular formula is C17H16FN5O2S. The summed E-state index contributed by atoms with van der Waals surface area (Å²) in [5.41, 5.74) is 1.48. The predicted octanol–water partition coefficient (Wildman–Crippen LogP) is 3.60. The number of benzene rings is 1. The number of urea groups is 1. The van der Waals surface area contributed by atoms with E-state index in [4.69, 9.17) is 0 Å². The van der Waals surface area contributed by atoms with Crippen molar-refractivity contribution in [2.24, 2.45) is 0 Å². The Balaban J connectivity index is 1.90. The molecule has 26 heavy (non-hydrogen) atoms. The summed E-state index contributed by atoms with van der Waals surface area (Å²) in [6.07, 6.45) is 1.48. The van der Waals surface area contributed by atoms with E-state index < -0.39 is 5.82 Å². The van der Waals surface area contributed by atoms with Gasteiger partial charge in [0, 0.05) is 30.8 Å². The Morgan fingerprint density at radius 3 is 2.69 bits per heavy atom. The third-order valence-electron chi connectivity index (χ3n) is 3.41. The van der Waals surface area contributed by atoms with Crippen LogP contribution in [0.4, 0.5) is 20.1 Å². The number of fused-ring (bicyclic) bond motifs is 1. The van der Waals surface area contributed by atoms with E-state index in [0.29, 0.717) is 38.8 Å². The Kier molecular flexibility index (Phi) is 5.08. The highest BCUT2D eigenvalue weighted by atomic mass is 32.1. The van der Waals surface area contributed by atoms with E-state index >= 15 is 0 Å². The molecule has 9 heteroatoms. The van der Waals surface area contributed by atoms with Gasteiger partial charge in [-0.25, -0.2) is 19.2 Å². The highest BCUT2D eigenvalue weighted by Gasteiger charge is 2.13. The van der Waals surface area contributed by atoms with Crippen molar-refractivity contribution in [3.8, 4) is 11.1 Å². The van der Waals surface area contributed by atoms with E-state index in [0.717, 1.165) is 0 Å².